The van der Waals surface area contributed by atoms with Gasteiger partial charge in [0.2, 0.25) is 0 Å². The van der Waals surface area contributed by atoms with Gasteiger partial charge in [0.15, 0.2) is 0 Å². The minimum absolute atomic E-state index is 0.000223. The Morgan fingerprint density at radius 1 is 1.48 bits per heavy atom. The van der Waals surface area contributed by atoms with Crippen LogP contribution in [-0.4, -0.2) is 27.5 Å². The lowest BCUT2D eigenvalue weighted by Crippen LogP contribution is -2.44. The average Bonchev–Trinajstić information content (AvgIpc) is 3.29. The summed E-state index contributed by atoms with van der Waals surface area (Å²) in [6.07, 6.45) is 2.03. The lowest BCUT2D eigenvalue weighted by atomic mass is 9.79. The molecular formula is C20H21F3N4OS. The van der Waals surface area contributed by atoms with Crippen LogP contribution in [0.4, 0.5) is 18.9 Å². The molecule has 0 saturated heterocycles. The molecular weight excluding hydrogens is 401 g/mol. The van der Waals surface area contributed by atoms with E-state index in [-0.39, 0.29) is 17.8 Å². The molecule has 5 nitrogen and oxygen atoms in total. The molecule has 2 atom stereocenters. The topological polar surface area (TPSA) is 72.4 Å². The van der Waals surface area contributed by atoms with Crippen molar-refractivity contribution in [2.45, 2.75) is 50.5 Å². The van der Waals surface area contributed by atoms with Crippen molar-refractivity contribution in [3.63, 3.8) is 0 Å². The second-order valence-corrected chi connectivity index (χ2v) is 8.26. The molecule has 29 heavy (non-hydrogen) atoms. The first-order chi connectivity index (χ1) is 13.8. The molecule has 3 N–H and O–H groups in total. The highest BCUT2D eigenvalue weighted by Gasteiger charge is 2.49. The number of amides is 1. The third-order valence-corrected chi connectivity index (χ3v) is 6.29. The zero-order chi connectivity index (χ0) is 20.8. The van der Waals surface area contributed by atoms with E-state index in [9.17, 15) is 18.0 Å². The number of fused-ring (bicyclic) bond motifs is 1. The highest BCUT2D eigenvalue weighted by molar-refractivity contribution is 7.12. The number of pyridine rings is 1. The molecule has 0 aromatic carbocycles. The summed E-state index contributed by atoms with van der Waals surface area (Å²) in [6.45, 7) is 1.79. The number of carbonyl (C=O) groups excluding carboxylic acids is 1. The van der Waals surface area contributed by atoms with Gasteiger partial charge in [0.25, 0.3) is 11.8 Å². The standard InChI is InChI=1S/C20H21F3N4OS/c1-2-11-9-14-17(25-19(28)15-6-4-8-29-15)18(26-27(14)10-12(11)21)16-13(24)5-3-7-20(16,22)23/h4,6,8-10,13,16H,2-3,5,7,24H2,1H3,(H,25,28)/t13-,16+/m0/s1. The molecule has 3 aromatic heterocycles. The first-order valence-electron chi connectivity index (χ1n) is 9.50. The molecule has 1 aliphatic rings. The van der Waals surface area contributed by atoms with Crippen LogP contribution in [0.5, 0.6) is 0 Å². The van der Waals surface area contributed by atoms with Gasteiger partial charge in [-0.2, -0.15) is 5.10 Å². The van der Waals surface area contributed by atoms with Crippen LogP contribution in [0.25, 0.3) is 5.52 Å². The lowest BCUT2D eigenvalue weighted by molar-refractivity contribution is -0.0623. The average molecular weight is 422 g/mol. The lowest BCUT2D eigenvalue weighted by Gasteiger charge is -2.35. The van der Waals surface area contributed by atoms with Crippen molar-refractivity contribution in [1.82, 2.24) is 9.61 Å². The minimum atomic E-state index is -3.07. The van der Waals surface area contributed by atoms with Crippen LogP contribution in [-0.2, 0) is 6.42 Å². The Kier molecular flexibility index (Phi) is 5.12. The molecule has 0 unspecified atom stereocenters. The molecule has 0 radical (unpaired) electrons. The molecule has 1 fully saturated rings. The van der Waals surface area contributed by atoms with Crippen LogP contribution in [0, 0.1) is 5.82 Å². The largest absolute Gasteiger partial charge is 0.327 e. The van der Waals surface area contributed by atoms with E-state index in [0.717, 1.165) is 6.20 Å². The first-order valence-corrected chi connectivity index (χ1v) is 10.4. The molecule has 0 bridgehead atoms. The number of aromatic nitrogens is 2. The van der Waals surface area contributed by atoms with E-state index in [0.29, 0.717) is 35.2 Å². The van der Waals surface area contributed by atoms with E-state index in [1.807, 2.05) is 0 Å². The molecule has 1 saturated carbocycles. The summed E-state index contributed by atoms with van der Waals surface area (Å²) < 4.78 is 45.2. The predicted octanol–water partition coefficient (Wildman–Crippen LogP) is 4.58. The third-order valence-electron chi connectivity index (χ3n) is 5.42. The maximum absolute atomic E-state index is 14.8. The zero-order valence-electron chi connectivity index (χ0n) is 15.8. The number of halogens is 3. The van der Waals surface area contributed by atoms with Crippen molar-refractivity contribution in [3.8, 4) is 0 Å². The summed E-state index contributed by atoms with van der Waals surface area (Å²) in [6, 6.07) is 4.11. The normalized spacial score (nSPS) is 21.4. The van der Waals surface area contributed by atoms with Gasteiger partial charge in [-0.15, -0.1) is 11.3 Å². The quantitative estimate of drug-likeness (QED) is 0.647. The van der Waals surface area contributed by atoms with Gasteiger partial charge in [-0.05, 0) is 42.3 Å². The maximum atomic E-state index is 14.8. The van der Waals surface area contributed by atoms with Crippen LogP contribution in [0.2, 0.25) is 0 Å². The Balaban J connectivity index is 1.89. The molecule has 1 amide bonds. The summed E-state index contributed by atoms with van der Waals surface area (Å²) in [5, 5.41) is 8.75. The van der Waals surface area contributed by atoms with Crippen molar-refractivity contribution >= 4 is 28.4 Å². The van der Waals surface area contributed by atoms with Gasteiger partial charge in [-0.1, -0.05) is 13.0 Å². The summed E-state index contributed by atoms with van der Waals surface area (Å²) in [5.41, 5.74) is 7.03. The number of rotatable bonds is 4. The van der Waals surface area contributed by atoms with E-state index < -0.39 is 29.6 Å². The highest BCUT2D eigenvalue weighted by atomic mass is 32.1. The fourth-order valence-electron chi connectivity index (χ4n) is 3.94. The summed E-state index contributed by atoms with van der Waals surface area (Å²) in [4.78, 5) is 13.1. The summed E-state index contributed by atoms with van der Waals surface area (Å²) in [5.74, 6) is -5.33. The van der Waals surface area contributed by atoms with Gasteiger partial charge >= 0.3 is 0 Å². The van der Waals surface area contributed by atoms with E-state index in [1.54, 1.807) is 30.5 Å². The Bertz CT molecular complexity index is 1050. The molecule has 4 rings (SSSR count). The number of nitrogens with one attached hydrogen (secondary N) is 1. The number of hydrogen-bond acceptors (Lipinski definition) is 4. The Morgan fingerprint density at radius 2 is 2.28 bits per heavy atom. The fourth-order valence-corrected chi connectivity index (χ4v) is 4.56. The second-order valence-electron chi connectivity index (χ2n) is 7.32. The van der Waals surface area contributed by atoms with Crippen LogP contribution in [0.1, 0.15) is 53.0 Å². The predicted molar refractivity (Wildman–Crippen MR) is 106 cm³/mol. The van der Waals surface area contributed by atoms with Crippen molar-refractivity contribution in [2.24, 2.45) is 5.73 Å². The number of anilines is 1. The number of carbonyl (C=O) groups is 1. The zero-order valence-corrected chi connectivity index (χ0v) is 16.6. The van der Waals surface area contributed by atoms with E-state index >= 15 is 0 Å². The summed E-state index contributed by atoms with van der Waals surface area (Å²) in [7, 11) is 0. The number of nitrogens with two attached hydrogens (primary N) is 1. The van der Waals surface area contributed by atoms with Gasteiger partial charge in [0.05, 0.1) is 33.9 Å². The third kappa shape index (κ3) is 3.53. The Morgan fingerprint density at radius 3 is 2.93 bits per heavy atom. The van der Waals surface area contributed by atoms with Crippen LogP contribution >= 0.6 is 11.3 Å². The molecule has 0 aliphatic heterocycles. The second kappa shape index (κ2) is 7.46. The number of nitrogens with zero attached hydrogens (tertiary/aromatic N) is 2. The SMILES string of the molecule is CCc1cc2c(NC(=O)c3cccs3)c([C@H]3[C@@H](N)CCCC3(F)F)nn2cc1F. The van der Waals surface area contributed by atoms with Crippen molar-refractivity contribution in [1.29, 1.82) is 0 Å². The van der Waals surface area contributed by atoms with E-state index in [2.05, 4.69) is 10.4 Å². The molecule has 3 heterocycles. The number of hydrogen-bond donors (Lipinski definition) is 2. The molecule has 1 aliphatic carbocycles. The number of alkyl halides is 2. The van der Waals surface area contributed by atoms with Gasteiger partial charge in [-0.25, -0.2) is 17.7 Å². The van der Waals surface area contributed by atoms with Crippen molar-refractivity contribution in [3.05, 3.63) is 51.7 Å². The maximum Gasteiger partial charge on any atom is 0.265 e. The molecule has 154 valence electrons. The molecule has 0 spiro atoms. The van der Waals surface area contributed by atoms with Crippen LogP contribution in [0.3, 0.4) is 0 Å². The first kappa shape index (κ1) is 19.9. The van der Waals surface area contributed by atoms with Gasteiger partial charge in [0, 0.05) is 12.5 Å². The fraction of sp³-hybridized carbons (Fsp3) is 0.400. The van der Waals surface area contributed by atoms with Gasteiger partial charge in [0.1, 0.15) is 5.82 Å². The van der Waals surface area contributed by atoms with Gasteiger partial charge in [-0.3, -0.25) is 4.79 Å². The minimum Gasteiger partial charge on any atom is -0.327 e. The Labute approximate surface area is 169 Å². The highest BCUT2D eigenvalue weighted by Crippen LogP contribution is 2.46. The number of thiophene rings is 1. The summed E-state index contributed by atoms with van der Waals surface area (Å²) >= 11 is 1.24. The van der Waals surface area contributed by atoms with E-state index in [4.69, 9.17) is 5.73 Å². The molecule has 3 aromatic rings. The van der Waals surface area contributed by atoms with E-state index in [1.165, 1.54) is 15.9 Å². The van der Waals surface area contributed by atoms with Crippen molar-refractivity contribution in [2.75, 3.05) is 5.32 Å². The number of aryl methyl sites for hydroxylation is 1. The molecule has 9 heteroatoms. The smallest absolute Gasteiger partial charge is 0.265 e. The monoisotopic (exact) mass is 422 g/mol. The van der Waals surface area contributed by atoms with Gasteiger partial charge < -0.3 is 11.1 Å². The van der Waals surface area contributed by atoms with Crippen LogP contribution < -0.4 is 11.1 Å². The van der Waals surface area contributed by atoms with Crippen molar-refractivity contribution < 1.29 is 18.0 Å². The Hall–Kier alpha value is -2.39. The van der Waals surface area contributed by atoms with Crippen LogP contribution in [0.15, 0.2) is 29.8 Å².